The van der Waals surface area contributed by atoms with Crippen LogP contribution in [0.15, 0.2) is 41.4 Å². The minimum atomic E-state index is 0.252. The van der Waals surface area contributed by atoms with Crippen LogP contribution in [0, 0.1) is 13.8 Å². The van der Waals surface area contributed by atoms with Crippen LogP contribution in [-0.2, 0) is 4.79 Å². The van der Waals surface area contributed by atoms with Crippen molar-refractivity contribution in [3.8, 4) is 0 Å². The normalized spacial score (nSPS) is 14.6. The van der Waals surface area contributed by atoms with Gasteiger partial charge in [0.2, 0.25) is 5.91 Å². The zero-order chi connectivity index (χ0) is 19.5. The quantitative estimate of drug-likeness (QED) is 0.590. The lowest BCUT2D eigenvalue weighted by atomic mass is 10.1. The maximum absolute atomic E-state index is 12.6. The molecule has 7 heteroatoms. The molecule has 4 rings (SSSR count). The van der Waals surface area contributed by atoms with Crippen LogP contribution in [0.3, 0.4) is 0 Å². The second kappa shape index (κ2) is 8.49. The van der Waals surface area contributed by atoms with Crippen molar-refractivity contribution < 1.29 is 4.79 Å². The molecule has 1 aliphatic heterocycles. The number of benzene rings is 1. The van der Waals surface area contributed by atoms with Crippen LogP contribution in [0.2, 0.25) is 0 Å². The van der Waals surface area contributed by atoms with Gasteiger partial charge in [0, 0.05) is 49.4 Å². The fourth-order valence-corrected chi connectivity index (χ4v) is 5.16. The van der Waals surface area contributed by atoms with E-state index in [1.165, 1.54) is 16.0 Å². The molecule has 1 aromatic carbocycles. The Kier molecular flexibility index (Phi) is 5.82. The molecule has 0 N–H and O–H groups in total. The highest BCUT2D eigenvalue weighted by molar-refractivity contribution is 7.99. The number of rotatable bonds is 5. The minimum absolute atomic E-state index is 0.252. The third-order valence-electron chi connectivity index (χ3n) is 5.12. The number of hydrogen-bond donors (Lipinski definition) is 0. The van der Waals surface area contributed by atoms with Gasteiger partial charge in [0.25, 0.3) is 0 Å². The summed E-state index contributed by atoms with van der Waals surface area (Å²) in [6.45, 7) is 7.43. The molecule has 2 aromatic heterocycles. The van der Waals surface area contributed by atoms with Crippen molar-refractivity contribution in [2.45, 2.75) is 25.2 Å². The zero-order valence-electron chi connectivity index (χ0n) is 16.2. The summed E-state index contributed by atoms with van der Waals surface area (Å²) in [7, 11) is 0. The van der Waals surface area contributed by atoms with Gasteiger partial charge < -0.3 is 9.80 Å². The zero-order valence-corrected chi connectivity index (χ0v) is 17.9. The summed E-state index contributed by atoms with van der Waals surface area (Å²) in [6.07, 6.45) is 2.39. The molecule has 146 valence electrons. The molecule has 0 atom stereocenters. The van der Waals surface area contributed by atoms with E-state index in [9.17, 15) is 4.79 Å². The Balaban J connectivity index is 1.26. The van der Waals surface area contributed by atoms with Crippen LogP contribution in [0.4, 0.5) is 5.13 Å². The van der Waals surface area contributed by atoms with Crippen LogP contribution < -0.4 is 4.90 Å². The molecule has 1 saturated heterocycles. The second-order valence-electron chi connectivity index (χ2n) is 7.04. The first kappa shape index (κ1) is 19.2. The first-order valence-corrected chi connectivity index (χ1v) is 11.3. The van der Waals surface area contributed by atoms with Gasteiger partial charge in [-0.1, -0.05) is 17.4 Å². The number of fused-ring (bicyclic) bond motifs is 1. The van der Waals surface area contributed by atoms with E-state index in [4.69, 9.17) is 0 Å². The largest absolute Gasteiger partial charge is 0.344 e. The van der Waals surface area contributed by atoms with Crippen molar-refractivity contribution >= 4 is 44.5 Å². The fraction of sp³-hybridized carbons (Fsp3) is 0.381. The third-order valence-corrected chi connectivity index (χ3v) is 7.16. The van der Waals surface area contributed by atoms with Gasteiger partial charge in [-0.15, -0.1) is 11.8 Å². The van der Waals surface area contributed by atoms with Crippen molar-refractivity contribution in [2.75, 3.05) is 36.8 Å². The predicted octanol–water partition coefficient (Wildman–Crippen LogP) is 4.14. The molecule has 0 spiro atoms. The van der Waals surface area contributed by atoms with E-state index >= 15 is 0 Å². The maximum Gasteiger partial charge on any atom is 0.223 e. The third kappa shape index (κ3) is 4.31. The van der Waals surface area contributed by atoms with Crippen LogP contribution in [0.25, 0.3) is 10.3 Å². The lowest BCUT2D eigenvalue weighted by molar-refractivity contribution is -0.131. The SMILES string of the molecule is Cc1ccc(SCCC(=O)N2CCN(c3nc4cccnc4s3)CC2)cc1C. The van der Waals surface area contributed by atoms with Crippen molar-refractivity contribution in [3.05, 3.63) is 47.7 Å². The van der Waals surface area contributed by atoms with E-state index < -0.39 is 0 Å². The molecule has 5 nitrogen and oxygen atoms in total. The predicted molar refractivity (Wildman–Crippen MR) is 117 cm³/mol. The average molecular weight is 413 g/mol. The molecule has 0 aliphatic carbocycles. The molecule has 28 heavy (non-hydrogen) atoms. The standard InChI is InChI=1S/C21H24N4OS2/c1-15-5-6-17(14-16(15)2)27-13-7-19(26)24-9-11-25(12-10-24)21-23-18-4-3-8-22-20(18)28-21/h3-6,8,14H,7,9-13H2,1-2H3. The van der Waals surface area contributed by atoms with Gasteiger partial charge in [-0.3, -0.25) is 4.79 Å². The van der Waals surface area contributed by atoms with E-state index in [2.05, 4.69) is 46.9 Å². The van der Waals surface area contributed by atoms with Crippen LogP contribution in [0.5, 0.6) is 0 Å². The Morgan fingerprint density at radius 1 is 1.14 bits per heavy atom. The lowest BCUT2D eigenvalue weighted by Crippen LogP contribution is -2.48. The Bertz CT molecular complexity index is 946. The summed E-state index contributed by atoms with van der Waals surface area (Å²) in [4.78, 5) is 28.1. The Morgan fingerprint density at radius 2 is 1.96 bits per heavy atom. The Morgan fingerprint density at radius 3 is 2.71 bits per heavy atom. The van der Waals surface area contributed by atoms with Gasteiger partial charge in [-0.05, 0) is 49.2 Å². The van der Waals surface area contributed by atoms with Gasteiger partial charge in [0.15, 0.2) is 5.13 Å². The first-order valence-electron chi connectivity index (χ1n) is 9.54. The summed E-state index contributed by atoms with van der Waals surface area (Å²) in [5.41, 5.74) is 3.56. The molecule has 0 bridgehead atoms. The number of aromatic nitrogens is 2. The van der Waals surface area contributed by atoms with E-state index in [1.807, 2.05) is 17.0 Å². The Hall–Kier alpha value is -2.12. The Labute approximate surface area is 173 Å². The van der Waals surface area contributed by atoms with E-state index in [-0.39, 0.29) is 5.91 Å². The average Bonchev–Trinajstić information content (AvgIpc) is 3.15. The van der Waals surface area contributed by atoms with E-state index in [0.29, 0.717) is 6.42 Å². The molecule has 0 unspecified atom stereocenters. The fourth-order valence-electron chi connectivity index (χ4n) is 3.26. The van der Waals surface area contributed by atoms with Gasteiger partial charge in [0.1, 0.15) is 10.3 Å². The van der Waals surface area contributed by atoms with Crippen LogP contribution >= 0.6 is 23.1 Å². The highest BCUT2D eigenvalue weighted by Crippen LogP contribution is 2.28. The molecule has 3 aromatic rings. The van der Waals surface area contributed by atoms with Crippen molar-refractivity contribution in [2.24, 2.45) is 0 Å². The molecule has 3 heterocycles. The molecule has 1 fully saturated rings. The summed E-state index contributed by atoms with van der Waals surface area (Å²) in [6, 6.07) is 10.4. The number of pyridine rings is 1. The van der Waals surface area contributed by atoms with E-state index in [0.717, 1.165) is 47.4 Å². The van der Waals surface area contributed by atoms with Crippen molar-refractivity contribution in [1.29, 1.82) is 0 Å². The summed E-state index contributed by atoms with van der Waals surface area (Å²) < 4.78 is 0. The van der Waals surface area contributed by atoms with Gasteiger partial charge >= 0.3 is 0 Å². The smallest absolute Gasteiger partial charge is 0.223 e. The molecular formula is C21H24N4OS2. The number of thiazole rings is 1. The van der Waals surface area contributed by atoms with Gasteiger partial charge in [-0.2, -0.15) is 0 Å². The molecule has 1 aliphatic rings. The monoisotopic (exact) mass is 412 g/mol. The molecule has 0 saturated carbocycles. The van der Waals surface area contributed by atoms with Gasteiger partial charge in [0.05, 0.1) is 0 Å². The molecular weight excluding hydrogens is 388 g/mol. The number of amides is 1. The molecule has 1 amide bonds. The topological polar surface area (TPSA) is 49.3 Å². The highest BCUT2D eigenvalue weighted by Gasteiger charge is 2.23. The minimum Gasteiger partial charge on any atom is -0.344 e. The van der Waals surface area contributed by atoms with Crippen molar-refractivity contribution in [3.63, 3.8) is 0 Å². The van der Waals surface area contributed by atoms with Crippen LogP contribution in [-0.4, -0.2) is 52.7 Å². The number of piperazine rings is 1. The summed E-state index contributed by atoms with van der Waals surface area (Å²) >= 11 is 3.39. The number of carbonyl (C=O) groups excluding carboxylic acids is 1. The van der Waals surface area contributed by atoms with E-state index in [1.54, 1.807) is 29.3 Å². The van der Waals surface area contributed by atoms with Gasteiger partial charge in [-0.25, -0.2) is 9.97 Å². The summed E-state index contributed by atoms with van der Waals surface area (Å²) in [5.74, 6) is 1.08. The van der Waals surface area contributed by atoms with Crippen molar-refractivity contribution in [1.82, 2.24) is 14.9 Å². The number of aryl methyl sites for hydroxylation is 2. The first-order chi connectivity index (χ1) is 13.6. The second-order valence-corrected chi connectivity index (χ2v) is 9.16. The maximum atomic E-state index is 12.6. The molecule has 0 radical (unpaired) electrons. The number of thioether (sulfide) groups is 1. The summed E-state index contributed by atoms with van der Waals surface area (Å²) in [5, 5.41) is 1.01. The number of anilines is 1. The number of nitrogens with zero attached hydrogens (tertiary/aromatic N) is 4. The lowest BCUT2D eigenvalue weighted by Gasteiger charge is -2.34. The number of hydrogen-bond acceptors (Lipinski definition) is 6. The van der Waals surface area contributed by atoms with Crippen LogP contribution in [0.1, 0.15) is 17.5 Å². The highest BCUT2D eigenvalue weighted by atomic mass is 32.2. The number of carbonyl (C=O) groups is 1.